The maximum absolute atomic E-state index is 11.8. The van der Waals surface area contributed by atoms with Crippen LogP contribution in [0.2, 0.25) is 0 Å². The van der Waals surface area contributed by atoms with E-state index in [1.54, 1.807) is 0 Å². The summed E-state index contributed by atoms with van der Waals surface area (Å²) in [5.74, 6) is -0.303. The summed E-state index contributed by atoms with van der Waals surface area (Å²) in [4.78, 5) is 23.2. The molecular weight excluding hydrogens is 254 g/mol. The molecule has 1 atom stereocenters. The van der Waals surface area contributed by atoms with Crippen molar-refractivity contribution in [3.8, 4) is 0 Å². The van der Waals surface area contributed by atoms with Crippen molar-refractivity contribution < 1.29 is 9.59 Å². The Balaban J connectivity index is 2.27. The smallest absolute Gasteiger partial charge is 0.237 e. The molecule has 0 aliphatic carbocycles. The third-order valence-corrected chi connectivity index (χ3v) is 2.74. The minimum absolute atomic E-state index is 0.0723. The van der Waals surface area contributed by atoms with Crippen molar-refractivity contribution >= 4 is 11.8 Å². The average Bonchev–Trinajstić information content (AvgIpc) is 2.38. The van der Waals surface area contributed by atoms with Gasteiger partial charge < -0.3 is 16.4 Å². The average molecular weight is 277 g/mol. The van der Waals surface area contributed by atoms with E-state index < -0.39 is 6.04 Å². The van der Waals surface area contributed by atoms with Crippen LogP contribution < -0.4 is 16.4 Å². The Morgan fingerprint density at radius 2 is 1.85 bits per heavy atom. The van der Waals surface area contributed by atoms with Crippen molar-refractivity contribution in [3.63, 3.8) is 0 Å². The number of nitrogens with two attached hydrogens (primary N) is 1. The largest absolute Gasteiger partial charge is 0.354 e. The van der Waals surface area contributed by atoms with E-state index in [2.05, 4.69) is 10.6 Å². The van der Waals surface area contributed by atoms with Gasteiger partial charge in [-0.05, 0) is 25.8 Å². The van der Waals surface area contributed by atoms with Gasteiger partial charge in [0.05, 0.1) is 6.04 Å². The van der Waals surface area contributed by atoms with E-state index in [1.165, 1.54) is 0 Å². The lowest BCUT2D eigenvalue weighted by molar-refractivity contribution is -0.123. The van der Waals surface area contributed by atoms with Gasteiger partial charge in [0.2, 0.25) is 11.8 Å². The topological polar surface area (TPSA) is 84.2 Å². The Labute approximate surface area is 119 Å². The molecule has 0 aliphatic rings. The molecule has 0 saturated carbocycles. The number of amides is 2. The van der Waals surface area contributed by atoms with Gasteiger partial charge in [-0.25, -0.2) is 0 Å². The van der Waals surface area contributed by atoms with Gasteiger partial charge in [0.1, 0.15) is 0 Å². The van der Waals surface area contributed by atoms with E-state index in [4.69, 9.17) is 5.73 Å². The molecule has 0 fully saturated rings. The van der Waals surface area contributed by atoms with E-state index in [9.17, 15) is 9.59 Å². The summed E-state index contributed by atoms with van der Waals surface area (Å²) < 4.78 is 0. The van der Waals surface area contributed by atoms with Crippen LogP contribution in [0.4, 0.5) is 0 Å². The van der Waals surface area contributed by atoms with Crippen molar-refractivity contribution in [2.45, 2.75) is 38.8 Å². The van der Waals surface area contributed by atoms with Gasteiger partial charge in [0.15, 0.2) is 0 Å². The van der Waals surface area contributed by atoms with E-state index in [-0.39, 0.29) is 24.3 Å². The van der Waals surface area contributed by atoms with Crippen LogP contribution in [0.3, 0.4) is 0 Å². The first-order valence-electron chi connectivity index (χ1n) is 6.85. The third-order valence-electron chi connectivity index (χ3n) is 2.74. The minimum Gasteiger partial charge on any atom is -0.354 e. The molecule has 0 bridgehead atoms. The molecule has 4 N–H and O–H groups in total. The van der Waals surface area contributed by atoms with Crippen molar-refractivity contribution in [2.24, 2.45) is 5.73 Å². The molecular formula is C15H23N3O2. The Kier molecular flexibility index (Phi) is 6.73. The molecule has 110 valence electrons. The van der Waals surface area contributed by atoms with Crippen LogP contribution in [0.15, 0.2) is 30.3 Å². The highest BCUT2D eigenvalue weighted by Crippen LogP contribution is 2.01. The number of benzene rings is 1. The Bertz CT molecular complexity index is 432. The SMILES string of the molecule is CC(C)NC(=O)CCNC(=O)[C@@H](N)Cc1ccccc1. The zero-order valence-corrected chi connectivity index (χ0v) is 12.1. The second kappa shape index (κ2) is 8.32. The Hall–Kier alpha value is -1.88. The first-order valence-corrected chi connectivity index (χ1v) is 6.85. The van der Waals surface area contributed by atoms with Crippen LogP contribution >= 0.6 is 0 Å². The van der Waals surface area contributed by atoms with E-state index in [1.807, 2.05) is 44.2 Å². The van der Waals surface area contributed by atoms with Crippen molar-refractivity contribution in [3.05, 3.63) is 35.9 Å². The van der Waals surface area contributed by atoms with Crippen LogP contribution in [0.25, 0.3) is 0 Å². The maximum atomic E-state index is 11.8. The molecule has 1 aromatic rings. The van der Waals surface area contributed by atoms with Crippen molar-refractivity contribution in [2.75, 3.05) is 6.54 Å². The molecule has 0 unspecified atom stereocenters. The summed E-state index contributed by atoms with van der Waals surface area (Å²) in [6.07, 6.45) is 0.757. The van der Waals surface area contributed by atoms with Crippen LogP contribution in [-0.2, 0) is 16.0 Å². The lowest BCUT2D eigenvalue weighted by Crippen LogP contribution is -2.43. The molecule has 20 heavy (non-hydrogen) atoms. The summed E-state index contributed by atoms with van der Waals surface area (Å²) in [5, 5.41) is 5.45. The van der Waals surface area contributed by atoms with Gasteiger partial charge in [-0.3, -0.25) is 9.59 Å². The molecule has 0 aromatic heterocycles. The van der Waals surface area contributed by atoms with Crippen LogP contribution in [0, 0.1) is 0 Å². The molecule has 1 rings (SSSR count). The molecule has 1 aromatic carbocycles. The normalized spacial score (nSPS) is 12.0. The molecule has 0 saturated heterocycles. The molecule has 0 heterocycles. The fraction of sp³-hybridized carbons (Fsp3) is 0.467. The Morgan fingerprint density at radius 1 is 1.20 bits per heavy atom. The van der Waals surface area contributed by atoms with Gasteiger partial charge in [0.25, 0.3) is 0 Å². The quantitative estimate of drug-likeness (QED) is 0.682. The van der Waals surface area contributed by atoms with Crippen LogP contribution in [-0.4, -0.2) is 30.4 Å². The highest BCUT2D eigenvalue weighted by Gasteiger charge is 2.14. The fourth-order valence-electron chi connectivity index (χ4n) is 1.79. The first-order chi connectivity index (χ1) is 9.49. The van der Waals surface area contributed by atoms with Gasteiger partial charge >= 0.3 is 0 Å². The number of carbonyl (C=O) groups is 2. The third kappa shape index (κ3) is 6.33. The number of hydrogen-bond donors (Lipinski definition) is 3. The highest BCUT2D eigenvalue weighted by molar-refractivity contribution is 5.82. The summed E-state index contributed by atoms with van der Waals surface area (Å²) >= 11 is 0. The Morgan fingerprint density at radius 3 is 2.45 bits per heavy atom. The number of nitrogens with one attached hydrogen (secondary N) is 2. The van der Waals surface area contributed by atoms with E-state index in [0.717, 1.165) is 5.56 Å². The monoisotopic (exact) mass is 277 g/mol. The standard InChI is InChI=1S/C15H23N3O2/c1-11(2)18-14(19)8-9-17-15(20)13(16)10-12-6-4-3-5-7-12/h3-7,11,13H,8-10,16H2,1-2H3,(H,17,20)(H,18,19)/t13-/m0/s1. The summed E-state index contributed by atoms with van der Waals surface area (Å²) in [6.45, 7) is 4.10. The van der Waals surface area contributed by atoms with Gasteiger partial charge in [-0.15, -0.1) is 0 Å². The summed E-state index contributed by atoms with van der Waals surface area (Å²) in [5.41, 5.74) is 6.86. The van der Waals surface area contributed by atoms with Crippen molar-refractivity contribution in [1.82, 2.24) is 10.6 Å². The highest BCUT2D eigenvalue weighted by atomic mass is 16.2. The lowest BCUT2D eigenvalue weighted by atomic mass is 10.1. The van der Waals surface area contributed by atoms with E-state index >= 15 is 0 Å². The predicted molar refractivity (Wildman–Crippen MR) is 79.0 cm³/mol. The second-order valence-electron chi connectivity index (χ2n) is 5.06. The number of hydrogen-bond acceptors (Lipinski definition) is 3. The van der Waals surface area contributed by atoms with Crippen LogP contribution in [0.1, 0.15) is 25.8 Å². The number of rotatable bonds is 7. The zero-order valence-electron chi connectivity index (χ0n) is 12.1. The molecule has 5 heteroatoms. The fourth-order valence-corrected chi connectivity index (χ4v) is 1.79. The molecule has 5 nitrogen and oxygen atoms in total. The minimum atomic E-state index is -0.592. The lowest BCUT2D eigenvalue weighted by Gasteiger charge is -2.13. The summed E-state index contributed by atoms with van der Waals surface area (Å²) in [6, 6.07) is 9.13. The molecule has 0 spiro atoms. The van der Waals surface area contributed by atoms with Crippen LogP contribution in [0.5, 0.6) is 0 Å². The summed E-state index contributed by atoms with van der Waals surface area (Å²) in [7, 11) is 0. The zero-order chi connectivity index (χ0) is 15.0. The second-order valence-corrected chi connectivity index (χ2v) is 5.06. The molecule has 2 amide bonds. The van der Waals surface area contributed by atoms with E-state index in [0.29, 0.717) is 13.0 Å². The predicted octanol–water partition coefficient (Wildman–Crippen LogP) is 0.587. The van der Waals surface area contributed by atoms with Crippen molar-refractivity contribution in [1.29, 1.82) is 0 Å². The first kappa shape index (κ1) is 16.2. The van der Waals surface area contributed by atoms with Gasteiger partial charge in [-0.2, -0.15) is 0 Å². The number of carbonyl (C=O) groups excluding carboxylic acids is 2. The van der Waals surface area contributed by atoms with Gasteiger partial charge in [0, 0.05) is 19.0 Å². The molecule has 0 radical (unpaired) electrons. The maximum Gasteiger partial charge on any atom is 0.237 e. The molecule has 0 aliphatic heterocycles. The van der Waals surface area contributed by atoms with Gasteiger partial charge in [-0.1, -0.05) is 30.3 Å².